The average molecular weight is 261 g/mol. The average Bonchev–Trinajstić information content (AvgIpc) is 2.47. The fraction of sp³-hybridized carbons (Fsp3) is 0.200. The Hall–Kier alpha value is -1.61. The third-order valence-electron chi connectivity index (χ3n) is 2.83. The van der Waals surface area contributed by atoms with Gasteiger partial charge in [-0.25, -0.2) is 0 Å². The van der Waals surface area contributed by atoms with Gasteiger partial charge < -0.3 is 9.47 Å². The summed E-state index contributed by atoms with van der Waals surface area (Å²) in [5.41, 5.74) is 0. The topological polar surface area (TPSA) is 18.5 Å². The van der Waals surface area contributed by atoms with Crippen LogP contribution in [0.15, 0.2) is 58.3 Å². The molecule has 3 heteroatoms. The van der Waals surface area contributed by atoms with Crippen molar-refractivity contribution >= 4 is 10.9 Å². The zero-order valence-corrected chi connectivity index (χ0v) is 11.7. The van der Waals surface area contributed by atoms with E-state index < -0.39 is 0 Å². The molecule has 0 heterocycles. The van der Waals surface area contributed by atoms with E-state index in [4.69, 9.17) is 9.47 Å². The van der Waals surface area contributed by atoms with E-state index in [0.717, 1.165) is 11.5 Å². The third kappa shape index (κ3) is 2.79. The Morgan fingerprint density at radius 1 is 0.667 bits per heavy atom. The van der Waals surface area contributed by atoms with Gasteiger partial charge in [-0.3, -0.25) is 0 Å². The summed E-state index contributed by atoms with van der Waals surface area (Å²) in [6.45, 7) is 0. The zero-order valence-electron chi connectivity index (χ0n) is 10.8. The van der Waals surface area contributed by atoms with Gasteiger partial charge in [0, 0.05) is 0 Å². The molecule has 0 spiro atoms. The van der Waals surface area contributed by atoms with Gasteiger partial charge in [-0.05, 0) is 48.5 Å². The fourth-order valence-electron chi connectivity index (χ4n) is 1.70. The Labute approximate surface area is 111 Å². The number of methoxy groups -OCH3 is 2. The van der Waals surface area contributed by atoms with Gasteiger partial charge in [-0.15, -0.1) is 0 Å². The van der Waals surface area contributed by atoms with Crippen molar-refractivity contribution in [1.82, 2.24) is 0 Å². The van der Waals surface area contributed by atoms with E-state index in [1.165, 1.54) is 9.79 Å². The van der Waals surface area contributed by atoms with E-state index in [0.29, 0.717) is 0 Å². The number of hydrogen-bond acceptors (Lipinski definition) is 2. The highest BCUT2D eigenvalue weighted by Gasteiger charge is 2.18. The summed E-state index contributed by atoms with van der Waals surface area (Å²) in [6.07, 6.45) is 2.23. The molecule has 0 saturated carbocycles. The quantitative estimate of drug-likeness (QED) is 0.786. The van der Waals surface area contributed by atoms with E-state index in [9.17, 15) is 0 Å². The maximum absolute atomic E-state index is 5.17. The second-order valence-electron chi connectivity index (χ2n) is 3.86. The largest absolute Gasteiger partial charge is 0.497 e. The van der Waals surface area contributed by atoms with Gasteiger partial charge in [-0.1, -0.05) is 0 Å². The standard InChI is InChI=1S/C15H17O2S/c1-16-12-4-8-14(9-5-12)18(3)15-10-6-13(17-2)7-11-15/h4-11H,1-3H3/q+1. The zero-order chi connectivity index (χ0) is 13.0. The van der Waals surface area contributed by atoms with Crippen molar-refractivity contribution in [2.75, 3.05) is 20.5 Å². The Morgan fingerprint density at radius 2 is 1.00 bits per heavy atom. The molecule has 0 atom stereocenters. The summed E-state index contributed by atoms with van der Waals surface area (Å²) in [6, 6.07) is 16.5. The second-order valence-corrected chi connectivity index (χ2v) is 5.82. The van der Waals surface area contributed by atoms with E-state index in [1.54, 1.807) is 14.2 Å². The molecule has 0 N–H and O–H groups in total. The smallest absolute Gasteiger partial charge is 0.160 e. The van der Waals surface area contributed by atoms with Gasteiger partial charge in [0.15, 0.2) is 9.79 Å². The van der Waals surface area contributed by atoms with Gasteiger partial charge in [0.1, 0.15) is 17.8 Å². The summed E-state index contributed by atoms with van der Waals surface area (Å²) in [7, 11) is 3.44. The maximum atomic E-state index is 5.17. The molecule has 0 unspecified atom stereocenters. The van der Waals surface area contributed by atoms with Gasteiger partial charge >= 0.3 is 0 Å². The molecule has 0 bridgehead atoms. The molecule has 0 saturated heterocycles. The normalized spacial score (nSPS) is 10.4. The first kappa shape index (κ1) is 12.8. The molecule has 0 aliphatic heterocycles. The van der Waals surface area contributed by atoms with E-state index in [-0.39, 0.29) is 10.9 Å². The Morgan fingerprint density at radius 3 is 1.28 bits per heavy atom. The number of rotatable bonds is 4. The van der Waals surface area contributed by atoms with Crippen molar-refractivity contribution in [2.24, 2.45) is 0 Å². The van der Waals surface area contributed by atoms with Crippen LogP contribution in [0.25, 0.3) is 0 Å². The van der Waals surface area contributed by atoms with Gasteiger partial charge in [0.25, 0.3) is 0 Å². The Bertz CT molecular complexity index is 443. The number of hydrogen-bond donors (Lipinski definition) is 0. The molecule has 0 aromatic heterocycles. The van der Waals surface area contributed by atoms with E-state index in [1.807, 2.05) is 24.3 Å². The molecule has 0 radical (unpaired) electrons. The van der Waals surface area contributed by atoms with Crippen LogP contribution in [-0.4, -0.2) is 20.5 Å². The molecule has 18 heavy (non-hydrogen) atoms. The van der Waals surface area contributed by atoms with Crippen LogP contribution < -0.4 is 9.47 Å². The molecule has 0 aliphatic rings. The molecule has 94 valence electrons. The van der Waals surface area contributed by atoms with E-state index in [2.05, 4.69) is 30.5 Å². The summed E-state index contributed by atoms with van der Waals surface area (Å²) in [4.78, 5) is 2.61. The van der Waals surface area contributed by atoms with Gasteiger partial charge in [-0.2, -0.15) is 0 Å². The van der Waals surface area contributed by atoms with Crippen LogP contribution in [0.4, 0.5) is 0 Å². The Kier molecular flexibility index (Phi) is 4.15. The first-order valence-electron chi connectivity index (χ1n) is 5.68. The summed E-state index contributed by atoms with van der Waals surface area (Å²) in [5, 5.41) is 0. The lowest BCUT2D eigenvalue weighted by molar-refractivity contribution is 0.414. The van der Waals surface area contributed by atoms with Gasteiger partial charge in [0.2, 0.25) is 0 Å². The highest BCUT2D eigenvalue weighted by molar-refractivity contribution is 7.96. The first-order chi connectivity index (χ1) is 8.74. The molecular formula is C15H17O2S+. The van der Waals surface area contributed by atoms with Crippen molar-refractivity contribution in [2.45, 2.75) is 9.79 Å². The monoisotopic (exact) mass is 261 g/mol. The van der Waals surface area contributed by atoms with Crippen molar-refractivity contribution in [3.63, 3.8) is 0 Å². The summed E-state index contributed by atoms with van der Waals surface area (Å²) >= 11 is 0. The lowest BCUT2D eigenvalue weighted by Crippen LogP contribution is -2.00. The van der Waals surface area contributed by atoms with Crippen LogP contribution in [0.2, 0.25) is 0 Å². The lowest BCUT2D eigenvalue weighted by atomic mass is 10.3. The highest BCUT2D eigenvalue weighted by atomic mass is 32.2. The van der Waals surface area contributed by atoms with Crippen LogP contribution >= 0.6 is 0 Å². The maximum Gasteiger partial charge on any atom is 0.160 e. The molecule has 0 amide bonds. The Balaban J connectivity index is 2.20. The number of benzene rings is 2. The van der Waals surface area contributed by atoms with Crippen molar-refractivity contribution < 1.29 is 9.47 Å². The molecule has 0 fully saturated rings. The summed E-state index contributed by atoms with van der Waals surface area (Å²) in [5.74, 6) is 1.79. The van der Waals surface area contributed by atoms with E-state index >= 15 is 0 Å². The summed E-state index contributed by atoms with van der Waals surface area (Å²) < 4.78 is 10.3. The van der Waals surface area contributed by atoms with Crippen molar-refractivity contribution in [1.29, 1.82) is 0 Å². The third-order valence-corrected chi connectivity index (χ3v) is 4.78. The minimum atomic E-state index is 0.0716. The second kappa shape index (κ2) is 5.83. The molecule has 2 aromatic carbocycles. The van der Waals surface area contributed by atoms with Crippen LogP contribution in [0.1, 0.15) is 0 Å². The lowest BCUT2D eigenvalue weighted by Gasteiger charge is -2.05. The fourth-order valence-corrected chi connectivity index (χ4v) is 3.06. The molecular weight excluding hydrogens is 244 g/mol. The molecule has 2 rings (SSSR count). The minimum absolute atomic E-state index is 0.0716. The van der Waals surface area contributed by atoms with Crippen LogP contribution in [0.5, 0.6) is 11.5 Å². The minimum Gasteiger partial charge on any atom is -0.497 e. The SMILES string of the molecule is COc1ccc([S+](C)c2ccc(OC)cc2)cc1. The molecule has 2 aromatic rings. The predicted octanol–water partition coefficient (Wildman–Crippen LogP) is 3.37. The van der Waals surface area contributed by atoms with Crippen LogP contribution in [0.3, 0.4) is 0 Å². The van der Waals surface area contributed by atoms with Gasteiger partial charge in [0.05, 0.1) is 25.1 Å². The van der Waals surface area contributed by atoms with Crippen LogP contribution in [0, 0.1) is 0 Å². The predicted molar refractivity (Wildman–Crippen MR) is 75.8 cm³/mol. The highest BCUT2D eigenvalue weighted by Crippen LogP contribution is 2.24. The molecule has 0 aliphatic carbocycles. The first-order valence-corrected chi connectivity index (χ1v) is 7.32. The van der Waals surface area contributed by atoms with Crippen molar-refractivity contribution in [3.8, 4) is 11.5 Å². The molecule has 2 nitrogen and oxygen atoms in total. The van der Waals surface area contributed by atoms with Crippen LogP contribution in [-0.2, 0) is 10.9 Å². The number of ether oxygens (including phenoxy) is 2. The van der Waals surface area contributed by atoms with Crippen molar-refractivity contribution in [3.05, 3.63) is 48.5 Å².